The van der Waals surface area contributed by atoms with Crippen molar-refractivity contribution in [1.82, 2.24) is 25.0 Å². The first kappa shape index (κ1) is 13.2. The van der Waals surface area contributed by atoms with Crippen LogP contribution in [0.5, 0.6) is 0 Å². The van der Waals surface area contributed by atoms with E-state index in [2.05, 4.69) is 25.6 Å². The minimum absolute atomic E-state index is 0.00279. The fourth-order valence-corrected chi connectivity index (χ4v) is 2.23. The minimum atomic E-state index is -0.322. The first-order valence-electron chi connectivity index (χ1n) is 4.96. The number of amides is 1. The number of carbonyl (C=O) groups is 1. The summed E-state index contributed by atoms with van der Waals surface area (Å²) in [6, 6.07) is 0. The molecule has 2 aromatic rings. The third-order valence-corrected chi connectivity index (χ3v) is 3.33. The summed E-state index contributed by atoms with van der Waals surface area (Å²) in [7, 11) is 0. The minimum Gasteiger partial charge on any atom is -0.299 e. The van der Waals surface area contributed by atoms with Gasteiger partial charge in [0.05, 0.1) is 0 Å². The summed E-state index contributed by atoms with van der Waals surface area (Å²) in [6.07, 6.45) is 0.776. The van der Waals surface area contributed by atoms with E-state index in [1.807, 2.05) is 6.92 Å². The Morgan fingerprint density at radius 2 is 2.22 bits per heavy atom. The van der Waals surface area contributed by atoms with Gasteiger partial charge in [0.1, 0.15) is 11.6 Å². The van der Waals surface area contributed by atoms with Gasteiger partial charge in [-0.05, 0) is 29.6 Å². The number of rotatable bonds is 4. The van der Waals surface area contributed by atoms with E-state index in [1.54, 1.807) is 0 Å². The molecule has 2 rings (SSSR count). The Labute approximate surface area is 116 Å². The normalized spacial score (nSPS) is 10.6. The number of aromatic nitrogens is 5. The Morgan fingerprint density at radius 1 is 1.44 bits per heavy atom. The Bertz CT molecular complexity index is 568. The van der Waals surface area contributed by atoms with E-state index in [-0.39, 0.29) is 23.0 Å². The predicted octanol–water partition coefficient (Wildman–Crippen LogP) is 1.64. The molecule has 0 atom stereocenters. The monoisotopic (exact) mass is 306 g/mol. The lowest BCUT2D eigenvalue weighted by molar-refractivity contribution is -0.116. The van der Waals surface area contributed by atoms with E-state index in [1.165, 1.54) is 16.0 Å². The Kier molecular flexibility index (Phi) is 4.10. The van der Waals surface area contributed by atoms with Gasteiger partial charge in [0.25, 0.3) is 0 Å². The van der Waals surface area contributed by atoms with Gasteiger partial charge in [0.15, 0.2) is 0 Å². The molecule has 96 valence electrons. The van der Waals surface area contributed by atoms with Crippen molar-refractivity contribution in [2.75, 3.05) is 5.32 Å². The van der Waals surface area contributed by atoms with Crippen molar-refractivity contribution in [3.05, 3.63) is 15.6 Å². The Morgan fingerprint density at radius 3 is 2.78 bits per heavy atom. The van der Waals surface area contributed by atoms with Crippen LogP contribution in [0.4, 0.5) is 5.13 Å². The second-order valence-corrected chi connectivity index (χ2v) is 4.95. The first-order chi connectivity index (χ1) is 8.58. The van der Waals surface area contributed by atoms with E-state index >= 15 is 0 Å². The van der Waals surface area contributed by atoms with Crippen molar-refractivity contribution in [3.63, 3.8) is 0 Å². The van der Waals surface area contributed by atoms with Crippen molar-refractivity contribution in [1.29, 1.82) is 0 Å². The van der Waals surface area contributed by atoms with Gasteiger partial charge < -0.3 is 0 Å². The zero-order chi connectivity index (χ0) is 13.1. The highest BCUT2D eigenvalue weighted by Crippen LogP contribution is 2.15. The van der Waals surface area contributed by atoms with E-state index in [4.69, 9.17) is 23.2 Å². The zero-order valence-corrected chi connectivity index (χ0v) is 11.6. The number of carbonyl (C=O) groups excluding carboxylic acids is 1. The second kappa shape index (κ2) is 5.59. The molecular formula is C8H8Cl2N6OS. The Balaban J connectivity index is 1.98. The third-order valence-electron chi connectivity index (χ3n) is 1.91. The van der Waals surface area contributed by atoms with Crippen molar-refractivity contribution in [2.45, 2.75) is 19.9 Å². The molecule has 2 aromatic heterocycles. The lowest BCUT2D eigenvalue weighted by Crippen LogP contribution is -2.19. The molecule has 0 saturated carbocycles. The highest BCUT2D eigenvalue weighted by molar-refractivity contribution is 7.15. The van der Waals surface area contributed by atoms with Crippen molar-refractivity contribution >= 4 is 45.6 Å². The molecule has 18 heavy (non-hydrogen) atoms. The largest absolute Gasteiger partial charge is 0.299 e. The second-order valence-electron chi connectivity index (χ2n) is 3.21. The molecule has 0 aromatic carbocycles. The molecule has 10 heteroatoms. The van der Waals surface area contributed by atoms with E-state index in [0.29, 0.717) is 5.13 Å². The summed E-state index contributed by atoms with van der Waals surface area (Å²) in [5.41, 5.74) is 0. The van der Waals surface area contributed by atoms with Gasteiger partial charge in [-0.1, -0.05) is 18.3 Å². The standard InChI is InChI=1S/C8H8Cl2N6OS/c1-2-5-13-14-8(18-5)11-4(17)3-16-7(10)12-6(9)15-16/h2-3H2,1H3,(H,11,14,17). The summed E-state index contributed by atoms with van der Waals surface area (Å²) >= 11 is 12.6. The summed E-state index contributed by atoms with van der Waals surface area (Å²) in [5, 5.41) is 15.4. The first-order valence-corrected chi connectivity index (χ1v) is 6.53. The van der Waals surface area contributed by atoms with Gasteiger partial charge >= 0.3 is 0 Å². The number of hydrogen-bond donors (Lipinski definition) is 1. The van der Waals surface area contributed by atoms with Crippen LogP contribution in [-0.2, 0) is 17.8 Å². The molecule has 0 radical (unpaired) electrons. The number of halogens is 2. The molecule has 0 aliphatic rings. The molecule has 0 aliphatic heterocycles. The number of nitrogens with one attached hydrogen (secondary N) is 1. The summed E-state index contributed by atoms with van der Waals surface area (Å²) in [4.78, 5) is 15.3. The van der Waals surface area contributed by atoms with Gasteiger partial charge in [-0.3, -0.25) is 10.1 Å². The molecule has 1 amide bonds. The maximum atomic E-state index is 11.7. The zero-order valence-electron chi connectivity index (χ0n) is 9.22. The third kappa shape index (κ3) is 3.15. The molecule has 0 aliphatic carbocycles. The molecule has 0 fully saturated rings. The predicted molar refractivity (Wildman–Crippen MR) is 68.0 cm³/mol. The molecule has 0 saturated heterocycles. The van der Waals surface area contributed by atoms with Crippen LogP contribution in [0, 0.1) is 0 Å². The number of hydrogen-bond acceptors (Lipinski definition) is 6. The lowest BCUT2D eigenvalue weighted by atomic mass is 10.5. The fraction of sp³-hybridized carbons (Fsp3) is 0.375. The summed E-state index contributed by atoms with van der Waals surface area (Å²) in [5.74, 6) is -0.322. The average Bonchev–Trinajstić information content (AvgIpc) is 2.86. The van der Waals surface area contributed by atoms with Crippen molar-refractivity contribution in [2.24, 2.45) is 0 Å². The van der Waals surface area contributed by atoms with Gasteiger partial charge in [-0.2, -0.15) is 4.98 Å². The molecule has 0 bridgehead atoms. The molecule has 2 heterocycles. The summed E-state index contributed by atoms with van der Waals surface area (Å²) in [6.45, 7) is 1.88. The van der Waals surface area contributed by atoms with E-state index in [0.717, 1.165) is 11.4 Å². The number of anilines is 1. The maximum Gasteiger partial charge on any atom is 0.248 e. The average molecular weight is 307 g/mol. The van der Waals surface area contributed by atoms with Crippen LogP contribution in [0.25, 0.3) is 0 Å². The quantitative estimate of drug-likeness (QED) is 0.928. The van der Waals surface area contributed by atoms with Gasteiger partial charge in [-0.15, -0.1) is 15.3 Å². The highest BCUT2D eigenvalue weighted by Gasteiger charge is 2.12. The van der Waals surface area contributed by atoms with Crippen LogP contribution in [0.2, 0.25) is 10.6 Å². The van der Waals surface area contributed by atoms with Crippen LogP contribution in [0.3, 0.4) is 0 Å². The van der Waals surface area contributed by atoms with Gasteiger partial charge in [-0.25, -0.2) is 4.68 Å². The highest BCUT2D eigenvalue weighted by atomic mass is 35.5. The van der Waals surface area contributed by atoms with Crippen LogP contribution in [0.1, 0.15) is 11.9 Å². The fourth-order valence-electron chi connectivity index (χ4n) is 1.14. The molecule has 1 N–H and O–H groups in total. The van der Waals surface area contributed by atoms with Crippen molar-refractivity contribution < 1.29 is 4.79 Å². The maximum absolute atomic E-state index is 11.7. The topological polar surface area (TPSA) is 85.6 Å². The molecule has 0 unspecified atom stereocenters. The molecular weight excluding hydrogens is 299 g/mol. The van der Waals surface area contributed by atoms with Crippen LogP contribution in [-0.4, -0.2) is 30.9 Å². The van der Waals surface area contributed by atoms with E-state index < -0.39 is 0 Å². The smallest absolute Gasteiger partial charge is 0.248 e. The molecule has 0 spiro atoms. The molecule has 7 nitrogen and oxygen atoms in total. The Hall–Kier alpha value is -1.25. The van der Waals surface area contributed by atoms with Gasteiger partial charge in [0.2, 0.25) is 21.6 Å². The van der Waals surface area contributed by atoms with E-state index in [9.17, 15) is 4.79 Å². The number of aryl methyl sites for hydroxylation is 1. The number of nitrogens with zero attached hydrogens (tertiary/aromatic N) is 5. The van der Waals surface area contributed by atoms with Crippen LogP contribution >= 0.6 is 34.5 Å². The van der Waals surface area contributed by atoms with Gasteiger partial charge in [0, 0.05) is 0 Å². The SMILES string of the molecule is CCc1nnc(NC(=O)Cn2nc(Cl)nc2Cl)s1. The van der Waals surface area contributed by atoms with Crippen LogP contribution < -0.4 is 5.32 Å². The lowest BCUT2D eigenvalue weighted by Gasteiger charge is -2.01. The van der Waals surface area contributed by atoms with Crippen LogP contribution in [0.15, 0.2) is 0 Å². The summed E-state index contributed by atoms with van der Waals surface area (Å²) < 4.78 is 1.20. The van der Waals surface area contributed by atoms with Crippen molar-refractivity contribution in [3.8, 4) is 0 Å².